The highest BCUT2D eigenvalue weighted by Crippen LogP contribution is 2.26. The van der Waals surface area contributed by atoms with Crippen LogP contribution < -0.4 is 5.32 Å². The van der Waals surface area contributed by atoms with E-state index >= 15 is 0 Å². The third kappa shape index (κ3) is 5.37. The molecule has 0 saturated heterocycles. The lowest BCUT2D eigenvalue weighted by molar-refractivity contribution is -0.113. The summed E-state index contributed by atoms with van der Waals surface area (Å²) < 4.78 is 32.2. The maximum absolute atomic E-state index is 12.6. The van der Waals surface area contributed by atoms with Crippen LogP contribution in [0.1, 0.15) is 25.0 Å². The predicted octanol–water partition coefficient (Wildman–Crippen LogP) is 4.11. The second-order valence-electron chi connectivity index (χ2n) is 7.09. The van der Waals surface area contributed by atoms with Crippen molar-refractivity contribution in [2.75, 3.05) is 24.2 Å². The summed E-state index contributed by atoms with van der Waals surface area (Å²) in [5, 5.41) is 11.2. The quantitative estimate of drug-likeness (QED) is 0.465. The zero-order chi connectivity index (χ0) is 23.3. The minimum absolute atomic E-state index is 0.121. The van der Waals surface area contributed by atoms with Crippen molar-refractivity contribution >= 4 is 33.4 Å². The molecule has 0 saturated carbocycles. The molecule has 0 fully saturated rings. The van der Waals surface area contributed by atoms with Gasteiger partial charge in [-0.25, -0.2) is 8.42 Å². The molecule has 10 heteroatoms. The monoisotopic (exact) mass is 474 g/mol. The summed E-state index contributed by atoms with van der Waals surface area (Å²) in [7, 11) is -3.53. The highest BCUT2D eigenvalue weighted by atomic mass is 32.2. The second kappa shape index (κ2) is 10.3. The summed E-state index contributed by atoms with van der Waals surface area (Å²) in [4.78, 5) is 12.5. The molecule has 0 aliphatic heterocycles. The van der Waals surface area contributed by atoms with E-state index in [-0.39, 0.29) is 27.7 Å². The van der Waals surface area contributed by atoms with E-state index in [9.17, 15) is 13.2 Å². The Morgan fingerprint density at radius 3 is 2.25 bits per heavy atom. The average Bonchev–Trinajstić information content (AvgIpc) is 3.25. The van der Waals surface area contributed by atoms with E-state index in [1.807, 2.05) is 32.0 Å². The lowest BCUT2D eigenvalue weighted by Crippen LogP contribution is -2.30. The molecule has 0 bridgehead atoms. The summed E-state index contributed by atoms with van der Waals surface area (Å²) in [6.45, 7) is 8.30. The van der Waals surface area contributed by atoms with E-state index < -0.39 is 10.0 Å². The van der Waals surface area contributed by atoms with E-state index in [1.54, 1.807) is 26.0 Å². The summed E-state index contributed by atoms with van der Waals surface area (Å²) in [5.41, 5.74) is 3.40. The van der Waals surface area contributed by atoms with Crippen molar-refractivity contribution in [1.82, 2.24) is 14.5 Å². The number of carbonyl (C=O) groups excluding carboxylic acids is 1. The Labute approximate surface area is 192 Å². The zero-order valence-corrected chi connectivity index (χ0v) is 20.1. The van der Waals surface area contributed by atoms with Gasteiger partial charge in [-0.3, -0.25) is 4.79 Å². The van der Waals surface area contributed by atoms with Crippen molar-refractivity contribution in [3.05, 3.63) is 53.6 Å². The third-order valence-electron chi connectivity index (χ3n) is 4.92. The van der Waals surface area contributed by atoms with Crippen molar-refractivity contribution in [3.8, 4) is 11.5 Å². The van der Waals surface area contributed by atoms with Gasteiger partial charge in [0.1, 0.15) is 0 Å². The first kappa shape index (κ1) is 24.0. The van der Waals surface area contributed by atoms with E-state index in [2.05, 4.69) is 15.5 Å². The number of hydrogen-bond acceptors (Lipinski definition) is 7. The maximum Gasteiger partial charge on any atom is 0.277 e. The third-order valence-corrected chi connectivity index (χ3v) is 7.81. The van der Waals surface area contributed by atoms with E-state index in [0.29, 0.717) is 18.7 Å². The minimum Gasteiger partial charge on any atom is -0.411 e. The van der Waals surface area contributed by atoms with Crippen LogP contribution in [0.15, 0.2) is 57.0 Å². The largest absolute Gasteiger partial charge is 0.411 e. The summed E-state index contributed by atoms with van der Waals surface area (Å²) >= 11 is 1.14. The zero-order valence-electron chi connectivity index (χ0n) is 18.5. The number of anilines is 1. The van der Waals surface area contributed by atoms with E-state index in [1.165, 1.54) is 16.4 Å². The number of aryl methyl sites for hydroxylation is 2. The summed E-state index contributed by atoms with van der Waals surface area (Å²) in [6, 6.07) is 12.1. The van der Waals surface area contributed by atoms with Gasteiger partial charge in [0.15, 0.2) is 0 Å². The van der Waals surface area contributed by atoms with E-state index in [4.69, 9.17) is 4.42 Å². The van der Waals surface area contributed by atoms with Gasteiger partial charge >= 0.3 is 0 Å². The molecule has 0 aliphatic rings. The lowest BCUT2D eigenvalue weighted by atomic mass is 10.1. The Morgan fingerprint density at radius 1 is 1.03 bits per heavy atom. The number of amides is 1. The van der Waals surface area contributed by atoms with Gasteiger partial charge in [-0.15, -0.1) is 10.2 Å². The number of thioether (sulfide) groups is 1. The van der Waals surface area contributed by atoms with E-state index in [0.717, 1.165) is 28.6 Å². The number of nitrogens with one attached hydrogen (secondary N) is 1. The molecule has 0 unspecified atom stereocenters. The van der Waals surface area contributed by atoms with Crippen molar-refractivity contribution in [2.45, 2.75) is 37.8 Å². The predicted molar refractivity (Wildman–Crippen MR) is 125 cm³/mol. The van der Waals surface area contributed by atoms with Crippen molar-refractivity contribution in [1.29, 1.82) is 0 Å². The number of sulfonamides is 1. The number of hydrogen-bond donors (Lipinski definition) is 1. The Kier molecular flexibility index (Phi) is 7.70. The molecule has 8 nitrogen and oxygen atoms in total. The van der Waals surface area contributed by atoms with Crippen LogP contribution in [0.4, 0.5) is 5.69 Å². The molecule has 3 rings (SSSR count). The topological polar surface area (TPSA) is 105 Å². The average molecular weight is 475 g/mol. The first-order chi connectivity index (χ1) is 15.3. The van der Waals surface area contributed by atoms with Crippen molar-refractivity contribution in [2.24, 2.45) is 0 Å². The van der Waals surface area contributed by atoms with Gasteiger partial charge in [0.25, 0.3) is 5.22 Å². The number of aromatic nitrogens is 2. The van der Waals surface area contributed by atoms with Crippen LogP contribution in [0.25, 0.3) is 11.5 Å². The highest BCUT2D eigenvalue weighted by molar-refractivity contribution is 7.99. The van der Waals surface area contributed by atoms with Gasteiger partial charge < -0.3 is 9.73 Å². The molecular weight excluding hydrogens is 448 g/mol. The molecule has 0 spiro atoms. The molecule has 2 aromatic carbocycles. The summed E-state index contributed by atoms with van der Waals surface area (Å²) in [6.07, 6.45) is 0. The fourth-order valence-corrected chi connectivity index (χ4v) is 5.20. The summed E-state index contributed by atoms with van der Waals surface area (Å²) in [5.74, 6) is 0.212. The molecule has 0 aliphatic carbocycles. The second-order valence-corrected chi connectivity index (χ2v) is 9.96. The number of rotatable bonds is 9. The number of benzene rings is 2. The van der Waals surface area contributed by atoms with Crippen LogP contribution in [0.5, 0.6) is 0 Å². The van der Waals surface area contributed by atoms with Crippen LogP contribution in [0.2, 0.25) is 0 Å². The Morgan fingerprint density at radius 2 is 1.66 bits per heavy atom. The molecular formula is C22H26N4O4S2. The van der Waals surface area contributed by atoms with Gasteiger partial charge in [0.2, 0.25) is 21.8 Å². The van der Waals surface area contributed by atoms with Crippen LogP contribution >= 0.6 is 11.8 Å². The van der Waals surface area contributed by atoms with Crippen LogP contribution in [0.3, 0.4) is 0 Å². The van der Waals surface area contributed by atoms with Gasteiger partial charge in [-0.05, 0) is 49.2 Å². The minimum atomic E-state index is -3.53. The standard InChI is InChI=1S/C22H26N4O4S2/c1-5-26(6-2)32(28,29)18-12-10-17(11-13-18)21-24-25-22(30-21)31-14-19(27)23-20-15(3)8-7-9-16(20)4/h7-13H,5-6,14H2,1-4H3,(H,23,27). The van der Waals surface area contributed by atoms with Crippen LogP contribution in [0, 0.1) is 13.8 Å². The van der Waals surface area contributed by atoms with Crippen LogP contribution in [-0.2, 0) is 14.8 Å². The molecule has 1 amide bonds. The molecule has 1 N–H and O–H groups in total. The first-order valence-electron chi connectivity index (χ1n) is 10.2. The first-order valence-corrected chi connectivity index (χ1v) is 12.6. The Bertz CT molecular complexity index is 1170. The molecule has 1 aromatic heterocycles. The molecule has 32 heavy (non-hydrogen) atoms. The molecule has 1 heterocycles. The number of carbonyl (C=O) groups is 1. The lowest BCUT2D eigenvalue weighted by Gasteiger charge is -2.18. The number of para-hydroxylation sites is 1. The molecule has 3 aromatic rings. The molecule has 0 atom stereocenters. The van der Waals surface area contributed by atoms with Crippen LogP contribution in [-0.4, -0.2) is 47.7 Å². The van der Waals surface area contributed by atoms with Gasteiger partial charge in [0, 0.05) is 24.3 Å². The molecule has 170 valence electrons. The Hall–Kier alpha value is -2.69. The van der Waals surface area contributed by atoms with Gasteiger partial charge in [-0.1, -0.05) is 43.8 Å². The SMILES string of the molecule is CCN(CC)S(=O)(=O)c1ccc(-c2nnc(SCC(=O)Nc3c(C)cccc3C)o2)cc1. The fraction of sp³-hybridized carbons (Fsp3) is 0.318. The smallest absolute Gasteiger partial charge is 0.277 e. The fourth-order valence-electron chi connectivity index (χ4n) is 3.18. The van der Waals surface area contributed by atoms with Crippen molar-refractivity contribution in [3.63, 3.8) is 0 Å². The van der Waals surface area contributed by atoms with Gasteiger partial charge in [0.05, 0.1) is 10.6 Å². The maximum atomic E-state index is 12.6. The highest BCUT2D eigenvalue weighted by Gasteiger charge is 2.22. The van der Waals surface area contributed by atoms with Crippen molar-refractivity contribution < 1.29 is 17.6 Å². The normalized spacial score (nSPS) is 11.7. The number of nitrogens with zero attached hydrogens (tertiary/aromatic N) is 3. The molecule has 0 radical (unpaired) electrons. The van der Waals surface area contributed by atoms with Gasteiger partial charge in [-0.2, -0.15) is 4.31 Å². The Balaban J connectivity index is 1.64.